The first-order valence-corrected chi connectivity index (χ1v) is 4.83. The van der Waals surface area contributed by atoms with Gasteiger partial charge in [0.05, 0.1) is 5.56 Å². The fraction of sp³-hybridized carbons (Fsp3) is 0.250. The second-order valence-corrected chi connectivity index (χ2v) is 3.44. The number of ether oxygens (including phenoxy) is 1. The molecule has 1 aromatic rings. The van der Waals surface area contributed by atoms with E-state index >= 15 is 0 Å². The third-order valence-corrected chi connectivity index (χ3v) is 2.08. The summed E-state index contributed by atoms with van der Waals surface area (Å²) in [6, 6.07) is 2.20. The lowest BCUT2D eigenvalue weighted by Gasteiger charge is -2.13. The van der Waals surface area contributed by atoms with Gasteiger partial charge < -0.3 is 9.84 Å². The molecule has 0 saturated carbocycles. The maximum atomic E-state index is 12.4. The molecule has 0 aliphatic heterocycles. The number of aromatic carboxylic acids is 1. The monoisotopic (exact) mass is 258 g/mol. The summed E-state index contributed by atoms with van der Waals surface area (Å²) < 4.78 is 42.3. The van der Waals surface area contributed by atoms with Gasteiger partial charge in [-0.3, -0.25) is 0 Å². The van der Waals surface area contributed by atoms with Crippen molar-refractivity contribution in [3.05, 3.63) is 29.3 Å². The summed E-state index contributed by atoms with van der Waals surface area (Å²) in [6.45, 7) is 1.48. The van der Waals surface area contributed by atoms with Gasteiger partial charge >= 0.3 is 12.1 Å². The van der Waals surface area contributed by atoms with Crippen LogP contribution in [-0.2, 0) is 6.18 Å². The lowest BCUT2D eigenvalue weighted by atomic mass is 10.1. The first-order valence-electron chi connectivity index (χ1n) is 4.83. The zero-order valence-corrected chi connectivity index (χ0v) is 9.28. The summed E-state index contributed by atoms with van der Waals surface area (Å²) in [5.41, 5.74) is -1.63. The molecule has 1 rings (SSSR count). The highest BCUT2D eigenvalue weighted by atomic mass is 19.4. The van der Waals surface area contributed by atoms with E-state index in [-0.39, 0.29) is 5.75 Å². The van der Waals surface area contributed by atoms with Crippen LogP contribution in [0.5, 0.6) is 5.75 Å². The van der Waals surface area contributed by atoms with E-state index in [1.165, 1.54) is 6.92 Å². The second-order valence-electron chi connectivity index (χ2n) is 3.44. The van der Waals surface area contributed by atoms with Crippen LogP contribution in [0.2, 0.25) is 0 Å². The number of benzene rings is 1. The SMILES string of the molecule is C#CC(C)Oc1ccc(C(F)(F)F)cc1C(=O)O. The Morgan fingerprint density at radius 1 is 1.50 bits per heavy atom. The lowest BCUT2D eigenvalue weighted by molar-refractivity contribution is -0.137. The molecule has 0 bridgehead atoms. The summed E-state index contributed by atoms with van der Waals surface area (Å²) in [5.74, 6) is 0.480. The van der Waals surface area contributed by atoms with Crippen molar-refractivity contribution in [3.8, 4) is 18.1 Å². The van der Waals surface area contributed by atoms with Crippen LogP contribution < -0.4 is 4.74 Å². The van der Waals surface area contributed by atoms with Gasteiger partial charge in [-0.2, -0.15) is 13.2 Å². The standard InChI is InChI=1S/C12H9F3O3/c1-3-7(2)18-10-5-4-8(12(13,14)15)6-9(10)11(16)17/h1,4-7H,2H3,(H,16,17). The van der Waals surface area contributed by atoms with Crippen LogP contribution in [0.4, 0.5) is 13.2 Å². The van der Waals surface area contributed by atoms with Crippen LogP contribution in [0.1, 0.15) is 22.8 Å². The molecule has 0 aliphatic carbocycles. The molecular weight excluding hydrogens is 249 g/mol. The summed E-state index contributed by atoms with van der Waals surface area (Å²) in [4.78, 5) is 10.9. The number of carboxylic acids is 1. The van der Waals surface area contributed by atoms with Gasteiger partial charge in [-0.25, -0.2) is 4.79 Å². The van der Waals surface area contributed by atoms with Crippen molar-refractivity contribution in [1.82, 2.24) is 0 Å². The molecule has 6 heteroatoms. The Bertz CT molecular complexity index is 500. The van der Waals surface area contributed by atoms with E-state index in [9.17, 15) is 18.0 Å². The van der Waals surface area contributed by atoms with E-state index in [1.54, 1.807) is 0 Å². The minimum Gasteiger partial charge on any atom is -0.478 e. The predicted octanol–water partition coefficient (Wildman–Crippen LogP) is 2.80. The van der Waals surface area contributed by atoms with Crippen molar-refractivity contribution in [1.29, 1.82) is 0 Å². The van der Waals surface area contributed by atoms with Crippen LogP contribution >= 0.6 is 0 Å². The molecule has 1 N–H and O–H groups in total. The topological polar surface area (TPSA) is 46.5 Å². The molecule has 1 aromatic carbocycles. The Hall–Kier alpha value is -2.16. The van der Waals surface area contributed by atoms with E-state index in [2.05, 4.69) is 5.92 Å². The van der Waals surface area contributed by atoms with E-state index in [1.807, 2.05) is 0 Å². The van der Waals surface area contributed by atoms with Crippen molar-refractivity contribution < 1.29 is 27.8 Å². The lowest BCUT2D eigenvalue weighted by Crippen LogP contribution is -2.13. The van der Waals surface area contributed by atoms with Gasteiger partial charge in [-0.15, -0.1) is 6.42 Å². The van der Waals surface area contributed by atoms with E-state index in [0.29, 0.717) is 6.07 Å². The van der Waals surface area contributed by atoms with Gasteiger partial charge in [0.25, 0.3) is 0 Å². The molecule has 1 unspecified atom stereocenters. The molecule has 0 spiro atoms. The molecule has 1 atom stereocenters. The van der Waals surface area contributed by atoms with Crippen LogP contribution in [0.15, 0.2) is 18.2 Å². The summed E-state index contributed by atoms with van der Waals surface area (Å²) in [7, 11) is 0. The van der Waals surface area contributed by atoms with E-state index in [0.717, 1.165) is 12.1 Å². The fourth-order valence-electron chi connectivity index (χ4n) is 1.20. The molecule has 0 aliphatic rings. The largest absolute Gasteiger partial charge is 0.478 e. The van der Waals surface area contributed by atoms with Crippen molar-refractivity contribution in [3.63, 3.8) is 0 Å². The molecule has 0 heterocycles. The number of halogens is 3. The van der Waals surface area contributed by atoms with Crippen molar-refractivity contribution in [2.45, 2.75) is 19.2 Å². The highest BCUT2D eigenvalue weighted by Gasteiger charge is 2.32. The molecular formula is C12H9F3O3. The minimum absolute atomic E-state index is 0.194. The van der Waals surface area contributed by atoms with Gasteiger partial charge in [0.2, 0.25) is 0 Å². The maximum absolute atomic E-state index is 12.4. The fourth-order valence-corrected chi connectivity index (χ4v) is 1.20. The predicted molar refractivity (Wildman–Crippen MR) is 57.3 cm³/mol. The summed E-state index contributed by atoms with van der Waals surface area (Å²) in [5, 5.41) is 8.84. The highest BCUT2D eigenvalue weighted by Crippen LogP contribution is 2.32. The molecule has 0 fully saturated rings. The molecule has 0 radical (unpaired) electrons. The van der Waals surface area contributed by atoms with Crippen LogP contribution in [0.3, 0.4) is 0 Å². The van der Waals surface area contributed by atoms with E-state index < -0.39 is 29.4 Å². The van der Waals surface area contributed by atoms with Crippen LogP contribution in [0.25, 0.3) is 0 Å². The normalized spacial score (nSPS) is 12.6. The number of terminal acetylenes is 1. The smallest absolute Gasteiger partial charge is 0.416 e. The minimum atomic E-state index is -4.61. The van der Waals surface area contributed by atoms with Crippen molar-refractivity contribution >= 4 is 5.97 Å². The Morgan fingerprint density at radius 3 is 2.56 bits per heavy atom. The Morgan fingerprint density at radius 2 is 2.11 bits per heavy atom. The number of alkyl halides is 3. The highest BCUT2D eigenvalue weighted by molar-refractivity contribution is 5.91. The van der Waals surface area contributed by atoms with Gasteiger partial charge in [0.1, 0.15) is 11.3 Å². The third kappa shape index (κ3) is 3.17. The number of hydrogen-bond donors (Lipinski definition) is 1. The van der Waals surface area contributed by atoms with Crippen LogP contribution in [0, 0.1) is 12.3 Å². The number of rotatable bonds is 3. The molecule has 0 aromatic heterocycles. The molecule has 3 nitrogen and oxygen atoms in total. The molecule has 18 heavy (non-hydrogen) atoms. The van der Waals surface area contributed by atoms with Gasteiger partial charge in [-0.05, 0) is 25.1 Å². The average Bonchev–Trinajstić information content (AvgIpc) is 2.27. The third-order valence-electron chi connectivity index (χ3n) is 2.08. The van der Waals surface area contributed by atoms with Gasteiger partial charge in [0.15, 0.2) is 6.10 Å². The zero-order valence-electron chi connectivity index (χ0n) is 9.28. The molecule has 96 valence electrons. The maximum Gasteiger partial charge on any atom is 0.416 e. The Kier molecular flexibility index (Phi) is 3.86. The average molecular weight is 258 g/mol. The number of carbonyl (C=O) groups is 1. The molecule has 0 amide bonds. The van der Waals surface area contributed by atoms with Gasteiger partial charge in [-0.1, -0.05) is 5.92 Å². The quantitative estimate of drug-likeness (QED) is 0.848. The van der Waals surface area contributed by atoms with E-state index in [4.69, 9.17) is 16.3 Å². The van der Waals surface area contributed by atoms with Crippen molar-refractivity contribution in [2.24, 2.45) is 0 Å². The summed E-state index contributed by atoms with van der Waals surface area (Å²) in [6.07, 6.45) is -0.304. The molecule has 0 saturated heterocycles. The first-order chi connectivity index (χ1) is 8.25. The summed E-state index contributed by atoms with van der Waals surface area (Å²) >= 11 is 0. The van der Waals surface area contributed by atoms with Crippen molar-refractivity contribution in [2.75, 3.05) is 0 Å². The zero-order chi connectivity index (χ0) is 13.9. The number of carboxylic acid groups (broad SMARTS) is 1. The second kappa shape index (κ2) is 5.00. The Labute approximate surface area is 101 Å². The van der Waals surface area contributed by atoms with Crippen LogP contribution in [-0.4, -0.2) is 17.2 Å². The van der Waals surface area contributed by atoms with Gasteiger partial charge in [0, 0.05) is 0 Å². The first kappa shape index (κ1) is 13.9. The Balaban J connectivity index is 3.22. The number of hydrogen-bond acceptors (Lipinski definition) is 2.